The molecule has 0 spiro atoms. The van der Waals surface area contributed by atoms with Crippen molar-refractivity contribution in [1.29, 1.82) is 0 Å². The summed E-state index contributed by atoms with van der Waals surface area (Å²) in [5.74, 6) is -1.94. The van der Waals surface area contributed by atoms with Crippen molar-refractivity contribution >= 4 is 34.7 Å². The number of benzene rings is 2. The fourth-order valence-corrected chi connectivity index (χ4v) is 2.19. The number of amides is 1. The van der Waals surface area contributed by atoms with E-state index in [2.05, 4.69) is 20.6 Å². The summed E-state index contributed by atoms with van der Waals surface area (Å²) in [7, 11) is 0. The van der Waals surface area contributed by atoms with Crippen molar-refractivity contribution in [2.75, 3.05) is 10.6 Å². The van der Waals surface area contributed by atoms with Crippen molar-refractivity contribution in [2.45, 2.75) is 0 Å². The van der Waals surface area contributed by atoms with Gasteiger partial charge in [0.15, 0.2) is 0 Å². The van der Waals surface area contributed by atoms with E-state index >= 15 is 0 Å². The predicted molar refractivity (Wildman–Crippen MR) is 91.1 cm³/mol. The predicted octanol–water partition coefficient (Wildman–Crippen LogP) is 4.40. The highest BCUT2D eigenvalue weighted by Crippen LogP contribution is 2.22. The molecule has 25 heavy (non-hydrogen) atoms. The quantitative estimate of drug-likeness (QED) is 0.723. The molecule has 0 fully saturated rings. The van der Waals surface area contributed by atoms with Crippen molar-refractivity contribution in [3.05, 3.63) is 77.2 Å². The smallest absolute Gasteiger partial charge is 0.275 e. The Hall–Kier alpha value is -3.06. The van der Waals surface area contributed by atoms with Gasteiger partial charge in [-0.3, -0.25) is 4.79 Å². The molecular formula is C17H11ClF2N4O. The van der Waals surface area contributed by atoms with E-state index in [-0.39, 0.29) is 17.2 Å². The molecule has 0 bridgehead atoms. The van der Waals surface area contributed by atoms with Crippen LogP contribution in [0.15, 0.2) is 54.9 Å². The highest BCUT2D eigenvalue weighted by atomic mass is 35.5. The topological polar surface area (TPSA) is 66.9 Å². The fraction of sp³-hybridized carbons (Fsp3) is 0. The van der Waals surface area contributed by atoms with Gasteiger partial charge in [0.1, 0.15) is 28.8 Å². The van der Waals surface area contributed by atoms with Gasteiger partial charge >= 0.3 is 0 Å². The standard InChI is InChI=1S/C17H11ClF2N4O/c18-10-4-1-2-7-13(10)23-17(25)14-8-22-15(9-21-14)24-16-11(19)5-3-6-12(16)20/h1-9H,(H,22,24)(H,23,25). The number of aromatic nitrogens is 2. The zero-order valence-electron chi connectivity index (χ0n) is 12.6. The van der Waals surface area contributed by atoms with E-state index in [1.54, 1.807) is 24.3 Å². The molecule has 5 nitrogen and oxygen atoms in total. The summed E-state index contributed by atoms with van der Waals surface area (Å²) in [6, 6.07) is 10.2. The molecule has 2 N–H and O–H groups in total. The SMILES string of the molecule is O=C(Nc1ccccc1Cl)c1cnc(Nc2c(F)cccc2F)cn1. The molecule has 1 amide bonds. The Morgan fingerprint density at radius 2 is 1.68 bits per heavy atom. The summed E-state index contributed by atoms with van der Waals surface area (Å²) in [4.78, 5) is 20.0. The minimum absolute atomic E-state index is 0.0273. The molecule has 0 radical (unpaired) electrons. The molecule has 0 atom stereocenters. The number of nitrogens with zero attached hydrogens (tertiary/aromatic N) is 2. The lowest BCUT2D eigenvalue weighted by Crippen LogP contribution is -2.14. The molecule has 0 aliphatic heterocycles. The number of hydrogen-bond donors (Lipinski definition) is 2. The molecular weight excluding hydrogens is 350 g/mol. The summed E-state index contributed by atoms with van der Waals surface area (Å²) in [5, 5.41) is 5.48. The minimum Gasteiger partial charge on any atom is -0.334 e. The van der Waals surface area contributed by atoms with Crippen LogP contribution in [0.3, 0.4) is 0 Å². The average Bonchev–Trinajstić information content (AvgIpc) is 2.61. The molecule has 3 aromatic rings. The van der Waals surface area contributed by atoms with Crippen LogP contribution in [0.4, 0.5) is 26.0 Å². The van der Waals surface area contributed by atoms with Crippen LogP contribution >= 0.6 is 11.6 Å². The van der Waals surface area contributed by atoms with Gasteiger partial charge in [-0.2, -0.15) is 0 Å². The number of carbonyl (C=O) groups excluding carboxylic acids is 1. The number of nitrogens with one attached hydrogen (secondary N) is 2. The second-order valence-corrected chi connectivity index (χ2v) is 5.35. The van der Waals surface area contributed by atoms with Crippen molar-refractivity contribution < 1.29 is 13.6 Å². The monoisotopic (exact) mass is 360 g/mol. The van der Waals surface area contributed by atoms with Gasteiger partial charge in [-0.15, -0.1) is 0 Å². The molecule has 0 unspecified atom stereocenters. The van der Waals surface area contributed by atoms with Crippen LogP contribution in [-0.2, 0) is 0 Å². The van der Waals surface area contributed by atoms with Gasteiger partial charge in [0.2, 0.25) is 0 Å². The van der Waals surface area contributed by atoms with E-state index in [0.717, 1.165) is 12.1 Å². The Morgan fingerprint density at radius 1 is 0.960 bits per heavy atom. The Balaban J connectivity index is 1.74. The van der Waals surface area contributed by atoms with Crippen molar-refractivity contribution in [1.82, 2.24) is 9.97 Å². The maximum absolute atomic E-state index is 13.6. The van der Waals surface area contributed by atoms with Gasteiger partial charge < -0.3 is 10.6 Å². The van der Waals surface area contributed by atoms with E-state index in [0.29, 0.717) is 10.7 Å². The van der Waals surface area contributed by atoms with Crippen LogP contribution in [0, 0.1) is 11.6 Å². The molecule has 2 aromatic carbocycles. The number of carbonyl (C=O) groups is 1. The van der Waals surface area contributed by atoms with Crippen molar-refractivity contribution in [3.8, 4) is 0 Å². The first-order chi connectivity index (χ1) is 12.0. The van der Waals surface area contributed by atoms with Gasteiger partial charge in [-0.05, 0) is 24.3 Å². The van der Waals surface area contributed by atoms with Gasteiger partial charge in [-0.1, -0.05) is 29.8 Å². The Morgan fingerprint density at radius 3 is 2.32 bits per heavy atom. The maximum atomic E-state index is 13.6. The van der Waals surface area contributed by atoms with Gasteiger partial charge in [0.05, 0.1) is 23.1 Å². The van der Waals surface area contributed by atoms with Crippen molar-refractivity contribution in [2.24, 2.45) is 0 Å². The maximum Gasteiger partial charge on any atom is 0.275 e. The Kier molecular flexibility index (Phi) is 4.85. The normalized spacial score (nSPS) is 10.4. The first kappa shape index (κ1) is 16.8. The van der Waals surface area contributed by atoms with Crippen LogP contribution in [-0.4, -0.2) is 15.9 Å². The third-order valence-corrected chi connectivity index (χ3v) is 3.55. The van der Waals surface area contributed by atoms with E-state index in [1.807, 2.05) is 0 Å². The lowest BCUT2D eigenvalue weighted by molar-refractivity contribution is 0.102. The molecule has 0 aliphatic rings. The van der Waals surface area contributed by atoms with Gasteiger partial charge in [0, 0.05) is 0 Å². The third kappa shape index (κ3) is 3.89. The zero-order chi connectivity index (χ0) is 17.8. The number of hydrogen-bond acceptors (Lipinski definition) is 4. The summed E-state index contributed by atoms with van der Waals surface area (Å²) in [6.07, 6.45) is 2.39. The average molecular weight is 361 g/mol. The van der Waals surface area contributed by atoms with Gasteiger partial charge in [0.25, 0.3) is 5.91 Å². The summed E-state index contributed by atoms with van der Waals surface area (Å²) in [5.41, 5.74) is 0.121. The molecule has 126 valence electrons. The second-order valence-electron chi connectivity index (χ2n) is 4.94. The fourth-order valence-electron chi connectivity index (χ4n) is 2.00. The molecule has 0 saturated heterocycles. The highest BCUT2D eigenvalue weighted by molar-refractivity contribution is 6.33. The summed E-state index contributed by atoms with van der Waals surface area (Å²) < 4.78 is 27.2. The lowest BCUT2D eigenvalue weighted by Gasteiger charge is -2.09. The van der Waals surface area contributed by atoms with Crippen LogP contribution in [0.25, 0.3) is 0 Å². The van der Waals surface area contributed by atoms with Crippen LogP contribution in [0.5, 0.6) is 0 Å². The molecule has 1 heterocycles. The minimum atomic E-state index is -0.762. The van der Waals surface area contributed by atoms with E-state index in [4.69, 9.17) is 11.6 Å². The number of rotatable bonds is 4. The summed E-state index contributed by atoms with van der Waals surface area (Å²) >= 11 is 5.97. The largest absolute Gasteiger partial charge is 0.334 e. The van der Waals surface area contributed by atoms with Crippen LogP contribution in [0.1, 0.15) is 10.5 Å². The molecule has 0 saturated carbocycles. The van der Waals surface area contributed by atoms with E-state index in [1.165, 1.54) is 18.5 Å². The summed E-state index contributed by atoms with van der Waals surface area (Å²) in [6.45, 7) is 0. The Bertz CT molecular complexity index is 899. The van der Waals surface area contributed by atoms with Crippen LogP contribution in [0.2, 0.25) is 5.02 Å². The molecule has 1 aromatic heterocycles. The molecule has 0 aliphatic carbocycles. The van der Waals surface area contributed by atoms with Gasteiger partial charge in [-0.25, -0.2) is 18.7 Å². The molecule has 8 heteroatoms. The van der Waals surface area contributed by atoms with E-state index in [9.17, 15) is 13.6 Å². The van der Waals surface area contributed by atoms with Crippen LogP contribution < -0.4 is 10.6 Å². The number of halogens is 3. The Labute approximate surface area is 146 Å². The number of anilines is 3. The number of para-hydroxylation sites is 2. The lowest BCUT2D eigenvalue weighted by atomic mass is 10.3. The first-order valence-electron chi connectivity index (χ1n) is 7.13. The molecule has 3 rings (SSSR count). The van der Waals surface area contributed by atoms with E-state index < -0.39 is 17.5 Å². The van der Waals surface area contributed by atoms with Crippen molar-refractivity contribution in [3.63, 3.8) is 0 Å². The third-order valence-electron chi connectivity index (χ3n) is 3.22. The highest BCUT2D eigenvalue weighted by Gasteiger charge is 2.12. The first-order valence-corrected chi connectivity index (χ1v) is 7.51. The second kappa shape index (κ2) is 7.23. The zero-order valence-corrected chi connectivity index (χ0v) is 13.4.